The fourth-order valence-corrected chi connectivity index (χ4v) is 4.15. The van der Waals surface area contributed by atoms with Crippen LogP contribution in [-0.4, -0.2) is 53.7 Å². The van der Waals surface area contributed by atoms with Crippen LogP contribution < -0.4 is 10.1 Å². The molecular weight excluding hydrogens is 406 g/mol. The molecule has 7 nitrogen and oxygen atoms in total. The minimum atomic E-state index is -0.0743. The van der Waals surface area contributed by atoms with Crippen molar-refractivity contribution in [3.63, 3.8) is 0 Å². The smallest absolute Gasteiger partial charge is 0.254 e. The maximum atomic E-state index is 12.8. The monoisotopic (exact) mass is 435 g/mol. The van der Waals surface area contributed by atoms with E-state index in [9.17, 15) is 9.59 Å². The minimum Gasteiger partial charge on any atom is -0.497 e. The number of hydrogen-bond donors (Lipinski definition) is 1. The van der Waals surface area contributed by atoms with Gasteiger partial charge in [-0.3, -0.25) is 9.59 Å². The molecule has 7 heteroatoms. The lowest BCUT2D eigenvalue weighted by Gasteiger charge is -2.35. The molecular formula is C25H29N3O4. The van der Waals surface area contributed by atoms with E-state index < -0.39 is 0 Å². The number of ether oxygens (including phenoxy) is 2. The first-order valence-corrected chi connectivity index (χ1v) is 10.9. The molecule has 2 amide bonds. The van der Waals surface area contributed by atoms with Crippen LogP contribution in [0.3, 0.4) is 0 Å². The Kier molecular flexibility index (Phi) is 6.46. The van der Waals surface area contributed by atoms with Crippen LogP contribution in [0, 0.1) is 0 Å². The van der Waals surface area contributed by atoms with E-state index >= 15 is 0 Å². The minimum absolute atomic E-state index is 0.0127. The van der Waals surface area contributed by atoms with E-state index in [0.29, 0.717) is 25.2 Å². The molecule has 1 N–H and O–H groups in total. The molecule has 1 aliphatic rings. The molecule has 2 atom stereocenters. The number of benzene rings is 2. The van der Waals surface area contributed by atoms with Crippen LogP contribution in [0.1, 0.15) is 29.8 Å². The highest BCUT2D eigenvalue weighted by atomic mass is 16.5. The Balaban J connectivity index is 1.32. The number of nitrogens with one attached hydrogen (secondary N) is 1. The second-order valence-corrected chi connectivity index (χ2v) is 8.31. The van der Waals surface area contributed by atoms with Crippen molar-refractivity contribution in [2.24, 2.45) is 0 Å². The second kappa shape index (κ2) is 9.44. The Morgan fingerprint density at radius 1 is 1.06 bits per heavy atom. The third-order valence-corrected chi connectivity index (χ3v) is 5.69. The molecule has 0 radical (unpaired) electrons. The number of carbonyl (C=O) groups is 2. The fourth-order valence-electron chi connectivity index (χ4n) is 4.15. The van der Waals surface area contributed by atoms with E-state index in [-0.39, 0.29) is 30.6 Å². The van der Waals surface area contributed by atoms with Crippen LogP contribution >= 0.6 is 0 Å². The average molecular weight is 436 g/mol. The van der Waals surface area contributed by atoms with Gasteiger partial charge in [-0.1, -0.05) is 12.1 Å². The van der Waals surface area contributed by atoms with Gasteiger partial charge in [-0.05, 0) is 55.8 Å². The third-order valence-electron chi connectivity index (χ3n) is 5.69. The first kappa shape index (κ1) is 21.9. The molecule has 0 spiro atoms. The SMILES string of the molecule is COc1ccc2c(ccn2CC(=O)NCc2ccc(C(=O)N3CC(C)OC(C)C3)cc2)c1. The molecule has 1 aliphatic heterocycles. The van der Waals surface area contributed by atoms with Gasteiger partial charge in [0.25, 0.3) is 5.91 Å². The van der Waals surface area contributed by atoms with Crippen LogP contribution in [0.5, 0.6) is 5.75 Å². The summed E-state index contributed by atoms with van der Waals surface area (Å²) in [6.07, 6.45) is 1.98. The molecule has 168 valence electrons. The Labute approximate surface area is 187 Å². The zero-order chi connectivity index (χ0) is 22.7. The second-order valence-electron chi connectivity index (χ2n) is 8.31. The largest absolute Gasteiger partial charge is 0.497 e. The van der Waals surface area contributed by atoms with Crippen LogP contribution in [0.4, 0.5) is 0 Å². The number of nitrogens with zero attached hydrogens (tertiary/aromatic N) is 2. The van der Waals surface area contributed by atoms with Crippen molar-refractivity contribution >= 4 is 22.7 Å². The summed E-state index contributed by atoms with van der Waals surface area (Å²) >= 11 is 0. The summed E-state index contributed by atoms with van der Waals surface area (Å²) < 4.78 is 12.9. The molecule has 2 unspecified atom stereocenters. The van der Waals surface area contributed by atoms with Crippen molar-refractivity contribution in [2.45, 2.75) is 39.1 Å². The molecule has 32 heavy (non-hydrogen) atoms. The van der Waals surface area contributed by atoms with Crippen molar-refractivity contribution in [3.8, 4) is 5.75 Å². The number of carbonyl (C=O) groups excluding carboxylic acids is 2. The van der Waals surface area contributed by atoms with Crippen LogP contribution in [0.2, 0.25) is 0 Å². The summed E-state index contributed by atoms with van der Waals surface area (Å²) in [5.74, 6) is 0.729. The Bertz CT molecular complexity index is 1100. The van der Waals surface area contributed by atoms with E-state index in [0.717, 1.165) is 22.2 Å². The number of amides is 2. The van der Waals surface area contributed by atoms with E-state index in [1.807, 2.05) is 78.0 Å². The van der Waals surface area contributed by atoms with Gasteiger partial charge in [0.1, 0.15) is 12.3 Å². The zero-order valence-corrected chi connectivity index (χ0v) is 18.7. The highest BCUT2D eigenvalue weighted by Gasteiger charge is 2.26. The topological polar surface area (TPSA) is 72.8 Å². The highest BCUT2D eigenvalue weighted by Crippen LogP contribution is 2.21. The van der Waals surface area contributed by atoms with Crippen molar-refractivity contribution in [1.82, 2.24) is 14.8 Å². The molecule has 2 aromatic carbocycles. The van der Waals surface area contributed by atoms with Gasteiger partial charge in [0.05, 0.1) is 19.3 Å². The highest BCUT2D eigenvalue weighted by molar-refractivity contribution is 5.94. The molecule has 0 bridgehead atoms. The molecule has 1 saturated heterocycles. The van der Waals surface area contributed by atoms with Gasteiger partial charge in [-0.2, -0.15) is 0 Å². The Morgan fingerprint density at radius 3 is 2.47 bits per heavy atom. The summed E-state index contributed by atoms with van der Waals surface area (Å²) in [4.78, 5) is 27.1. The molecule has 2 heterocycles. The first-order chi connectivity index (χ1) is 15.4. The van der Waals surface area contributed by atoms with Crippen LogP contribution in [-0.2, 0) is 22.6 Å². The number of rotatable bonds is 6. The maximum Gasteiger partial charge on any atom is 0.254 e. The van der Waals surface area contributed by atoms with E-state index in [1.165, 1.54) is 0 Å². The van der Waals surface area contributed by atoms with Crippen molar-refractivity contribution in [3.05, 3.63) is 65.9 Å². The van der Waals surface area contributed by atoms with Crippen LogP contribution in [0.15, 0.2) is 54.7 Å². The van der Waals surface area contributed by atoms with Gasteiger partial charge >= 0.3 is 0 Å². The Hall–Kier alpha value is -3.32. The summed E-state index contributed by atoms with van der Waals surface area (Å²) in [6, 6.07) is 15.2. The third kappa shape index (κ3) is 4.94. The van der Waals surface area contributed by atoms with Gasteiger partial charge in [-0.25, -0.2) is 0 Å². The van der Waals surface area contributed by atoms with Gasteiger partial charge in [0.15, 0.2) is 0 Å². The van der Waals surface area contributed by atoms with Gasteiger partial charge in [0.2, 0.25) is 5.91 Å². The fraction of sp³-hybridized carbons (Fsp3) is 0.360. The predicted molar refractivity (Wildman–Crippen MR) is 123 cm³/mol. The quantitative estimate of drug-likeness (QED) is 0.645. The normalized spacial score (nSPS) is 18.5. The summed E-state index contributed by atoms with van der Waals surface area (Å²) in [6.45, 7) is 5.81. The average Bonchev–Trinajstić information content (AvgIpc) is 3.18. The number of aromatic nitrogens is 1. The Morgan fingerprint density at radius 2 is 1.78 bits per heavy atom. The van der Waals surface area contributed by atoms with E-state index in [2.05, 4.69) is 5.32 Å². The number of methoxy groups -OCH3 is 1. The number of hydrogen-bond acceptors (Lipinski definition) is 4. The maximum absolute atomic E-state index is 12.8. The molecule has 0 saturated carbocycles. The standard InChI is InChI=1S/C25H29N3O4/c1-17-14-28(15-18(2)32-17)25(30)20-6-4-19(5-7-20)13-26-24(29)16-27-11-10-21-12-22(31-3)8-9-23(21)27/h4-12,17-18H,13-16H2,1-3H3,(H,26,29). The van der Waals surface area contributed by atoms with E-state index in [1.54, 1.807) is 7.11 Å². The summed E-state index contributed by atoms with van der Waals surface area (Å²) in [5.41, 5.74) is 2.58. The van der Waals surface area contributed by atoms with Crippen molar-refractivity contribution in [2.75, 3.05) is 20.2 Å². The predicted octanol–water partition coefficient (Wildman–Crippen LogP) is 3.22. The lowest BCUT2D eigenvalue weighted by atomic mass is 10.1. The molecule has 4 rings (SSSR count). The lowest BCUT2D eigenvalue weighted by molar-refractivity contribution is -0.121. The lowest BCUT2D eigenvalue weighted by Crippen LogP contribution is -2.48. The number of fused-ring (bicyclic) bond motifs is 1. The molecule has 3 aromatic rings. The van der Waals surface area contributed by atoms with Crippen LogP contribution in [0.25, 0.3) is 10.9 Å². The number of morpholine rings is 1. The van der Waals surface area contributed by atoms with Crippen molar-refractivity contribution in [1.29, 1.82) is 0 Å². The van der Waals surface area contributed by atoms with Crippen molar-refractivity contribution < 1.29 is 19.1 Å². The van der Waals surface area contributed by atoms with Gasteiger partial charge < -0.3 is 24.3 Å². The molecule has 1 fully saturated rings. The van der Waals surface area contributed by atoms with Gasteiger partial charge in [-0.15, -0.1) is 0 Å². The summed E-state index contributed by atoms with van der Waals surface area (Å²) in [5, 5.41) is 3.98. The van der Waals surface area contributed by atoms with E-state index in [4.69, 9.17) is 9.47 Å². The van der Waals surface area contributed by atoms with Gasteiger partial charge in [0, 0.05) is 42.3 Å². The molecule has 0 aliphatic carbocycles. The molecule has 1 aromatic heterocycles. The zero-order valence-electron chi connectivity index (χ0n) is 18.7. The summed E-state index contributed by atoms with van der Waals surface area (Å²) in [7, 11) is 1.64. The first-order valence-electron chi connectivity index (χ1n) is 10.9.